The Labute approximate surface area is 140 Å². The van der Waals surface area contributed by atoms with Crippen LogP contribution in [0, 0.1) is 0 Å². The molecule has 0 heterocycles. The van der Waals surface area contributed by atoms with Crippen LogP contribution in [0.1, 0.15) is 10.4 Å². The normalized spacial score (nSPS) is 10.3. The van der Waals surface area contributed by atoms with Crippen molar-refractivity contribution in [1.82, 2.24) is 0 Å². The van der Waals surface area contributed by atoms with Crippen molar-refractivity contribution in [3.05, 3.63) is 83.4 Å². The van der Waals surface area contributed by atoms with Gasteiger partial charge in [-0.25, -0.2) is 4.79 Å². The van der Waals surface area contributed by atoms with Crippen LogP contribution < -0.4 is 0 Å². The van der Waals surface area contributed by atoms with E-state index in [1.165, 1.54) is 7.11 Å². The molecule has 0 fully saturated rings. The van der Waals surface area contributed by atoms with Crippen molar-refractivity contribution in [2.75, 3.05) is 7.11 Å². The maximum Gasteiger partial charge on any atom is 0.337 e. The minimum atomic E-state index is -0.329. The van der Waals surface area contributed by atoms with Crippen LogP contribution in [0.2, 0.25) is 5.02 Å². The van der Waals surface area contributed by atoms with Crippen LogP contribution in [0.15, 0.2) is 72.8 Å². The average molecular weight is 323 g/mol. The van der Waals surface area contributed by atoms with Crippen molar-refractivity contribution in [2.24, 2.45) is 0 Å². The molecule has 23 heavy (non-hydrogen) atoms. The zero-order valence-corrected chi connectivity index (χ0v) is 13.4. The van der Waals surface area contributed by atoms with Crippen LogP contribution >= 0.6 is 11.6 Å². The van der Waals surface area contributed by atoms with Gasteiger partial charge in [0.25, 0.3) is 0 Å². The Morgan fingerprint density at radius 2 is 1.30 bits per heavy atom. The number of carbonyl (C=O) groups excluding carboxylic acids is 1. The summed E-state index contributed by atoms with van der Waals surface area (Å²) in [5.74, 6) is -0.329. The Kier molecular flexibility index (Phi) is 4.45. The van der Waals surface area contributed by atoms with E-state index < -0.39 is 0 Å². The summed E-state index contributed by atoms with van der Waals surface area (Å²) in [4.78, 5) is 11.6. The fourth-order valence-corrected chi connectivity index (χ4v) is 2.57. The van der Waals surface area contributed by atoms with Crippen molar-refractivity contribution in [3.8, 4) is 22.3 Å². The van der Waals surface area contributed by atoms with Crippen LogP contribution in [0.3, 0.4) is 0 Å². The highest BCUT2D eigenvalue weighted by molar-refractivity contribution is 6.30. The molecule has 0 saturated carbocycles. The van der Waals surface area contributed by atoms with Gasteiger partial charge in [-0.05, 0) is 46.5 Å². The molecule has 3 heteroatoms. The molecule has 0 radical (unpaired) electrons. The van der Waals surface area contributed by atoms with E-state index in [-0.39, 0.29) is 5.97 Å². The molecule has 0 amide bonds. The van der Waals surface area contributed by atoms with Crippen molar-refractivity contribution >= 4 is 17.6 Å². The molecular formula is C20H15ClO2. The predicted molar refractivity (Wildman–Crippen MR) is 93.7 cm³/mol. The van der Waals surface area contributed by atoms with E-state index in [1.54, 1.807) is 6.07 Å². The largest absolute Gasteiger partial charge is 0.465 e. The first-order valence-electron chi connectivity index (χ1n) is 7.22. The van der Waals surface area contributed by atoms with Gasteiger partial charge in [-0.1, -0.05) is 60.1 Å². The van der Waals surface area contributed by atoms with Gasteiger partial charge in [0, 0.05) is 5.02 Å². The number of esters is 1. The average Bonchev–Trinajstić information content (AvgIpc) is 2.62. The monoisotopic (exact) mass is 322 g/mol. The van der Waals surface area contributed by atoms with Gasteiger partial charge in [-0.3, -0.25) is 0 Å². The van der Waals surface area contributed by atoms with Crippen molar-refractivity contribution in [2.45, 2.75) is 0 Å². The molecule has 2 nitrogen and oxygen atoms in total. The summed E-state index contributed by atoms with van der Waals surface area (Å²) in [5, 5.41) is 0.727. The summed E-state index contributed by atoms with van der Waals surface area (Å²) in [6.07, 6.45) is 0. The lowest BCUT2D eigenvalue weighted by Crippen LogP contribution is -2.00. The minimum absolute atomic E-state index is 0.329. The van der Waals surface area contributed by atoms with Gasteiger partial charge in [0.1, 0.15) is 0 Å². The molecule has 114 valence electrons. The van der Waals surface area contributed by atoms with Crippen LogP contribution in [0.25, 0.3) is 22.3 Å². The molecule has 3 aromatic rings. The number of benzene rings is 3. The number of halogens is 1. The predicted octanol–water partition coefficient (Wildman–Crippen LogP) is 5.46. The Morgan fingerprint density at radius 3 is 1.87 bits per heavy atom. The summed E-state index contributed by atoms with van der Waals surface area (Å²) in [7, 11) is 1.38. The van der Waals surface area contributed by atoms with Crippen LogP contribution in [-0.4, -0.2) is 13.1 Å². The number of methoxy groups -OCH3 is 1. The summed E-state index contributed by atoms with van der Waals surface area (Å²) < 4.78 is 4.76. The molecule has 0 unspecified atom stereocenters. The SMILES string of the molecule is COC(=O)c1cccc(-c2ccc(-c3ccc(Cl)cc3)cc2)c1. The maximum absolute atomic E-state index is 11.6. The second-order valence-electron chi connectivity index (χ2n) is 5.16. The smallest absolute Gasteiger partial charge is 0.337 e. The van der Waals surface area contributed by atoms with Gasteiger partial charge >= 0.3 is 5.97 Å². The first kappa shape index (κ1) is 15.3. The van der Waals surface area contributed by atoms with Gasteiger partial charge in [0.05, 0.1) is 12.7 Å². The Balaban J connectivity index is 1.90. The van der Waals surface area contributed by atoms with E-state index in [9.17, 15) is 4.79 Å². The highest BCUT2D eigenvalue weighted by atomic mass is 35.5. The molecule has 0 aliphatic heterocycles. The Hall–Kier alpha value is -2.58. The lowest BCUT2D eigenvalue weighted by Gasteiger charge is -2.07. The maximum atomic E-state index is 11.6. The number of ether oxygens (including phenoxy) is 1. The molecule has 0 aliphatic carbocycles. The van der Waals surface area contributed by atoms with Gasteiger partial charge < -0.3 is 4.74 Å². The van der Waals surface area contributed by atoms with Gasteiger partial charge in [-0.15, -0.1) is 0 Å². The standard InChI is InChI=1S/C20H15ClO2/c1-23-20(22)18-4-2-3-17(13-18)16-7-5-14(6-8-16)15-9-11-19(21)12-10-15/h2-13H,1H3. The molecule has 0 aliphatic rings. The van der Waals surface area contributed by atoms with Crippen molar-refractivity contribution < 1.29 is 9.53 Å². The fourth-order valence-electron chi connectivity index (χ4n) is 2.44. The van der Waals surface area contributed by atoms with E-state index in [0.717, 1.165) is 27.3 Å². The second-order valence-corrected chi connectivity index (χ2v) is 5.59. The fraction of sp³-hybridized carbons (Fsp3) is 0.0500. The molecule has 3 aromatic carbocycles. The Morgan fingerprint density at radius 1 is 0.783 bits per heavy atom. The van der Waals surface area contributed by atoms with Crippen LogP contribution in [0.4, 0.5) is 0 Å². The summed E-state index contributed by atoms with van der Waals surface area (Å²) in [5.41, 5.74) is 4.81. The molecule has 0 atom stereocenters. The summed E-state index contributed by atoms with van der Waals surface area (Å²) in [6.45, 7) is 0. The first-order valence-corrected chi connectivity index (χ1v) is 7.60. The summed E-state index contributed by atoms with van der Waals surface area (Å²) >= 11 is 5.92. The third-order valence-corrected chi connectivity index (χ3v) is 3.93. The second kappa shape index (κ2) is 6.67. The third-order valence-electron chi connectivity index (χ3n) is 3.68. The first-order chi connectivity index (χ1) is 11.2. The molecular weight excluding hydrogens is 308 g/mol. The van der Waals surface area contributed by atoms with Gasteiger partial charge in [0.2, 0.25) is 0 Å². The van der Waals surface area contributed by atoms with Gasteiger partial charge in [-0.2, -0.15) is 0 Å². The number of hydrogen-bond donors (Lipinski definition) is 0. The zero-order valence-electron chi connectivity index (χ0n) is 12.6. The summed E-state index contributed by atoms with van der Waals surface area (Å²) in [6, 6.07) is 23.4. The lowest BCUT2D eigenvalue weighted by molar-refractivity contribution is 0.0601. The van der Waals surface area contributed by atoms with Gasteiger partial charge in [0.15, 0.2) is 0 Å². The van der Waals surface area contributed by atoms with E-state index >= 15 is 0 Å². The van der Waals surface area contributed by atoms with E-state index in [1.807, 2.05) is 54.6 Å². The third kappa shape index (κ3) is 3.43. The Bertz CT molecular complexity index is 821. The number of carbonyl (C=O) groups is 1. The van der Waals surface area contributed by atoms with E-state index in [0.29, 0.717) is 5.56 Å². The number of hydrogen-bond acceptors (Lipinski definition) is 2. The zero-order chi connectivity index (χ0) is 16.2. The minimum Gasteiger partial charge on any atom is -0.465 e. The highest BCUT2D eigenvalue weighted by Crippen LogP contribution is 2.26. The molecule has 0 spiro atoms. The van der Waals surface area contributed by atoms with Crippen LogP contribution in [-0.2, 0) is 4.74 Å². The van der Waals surface area contributed by atoms with E-state index in [4.69, 9.17) is 16.3 Å². The molecule has 0 saturated heterocycles. The highest BCUT2D eigenvalue weighted by Gasteiger charge is 2.07. The molecule has 0 aromatic heterocycles. The van der Waals surface area contributed by atoms with E-state index in [2.05, 4.69) is 12.1 Å². The quantitative estimate of drug-likeness (QED) is 0.598. The van der Waals surface area contributed by atoms with Crippen molar-refractivity contribution in [3.63, 3.8) is 0 Å². The molecule has 0 N–H and O–H groups in total. The topological polar surface area (TPSA) is 26.3 Å². The van der Waals surface area contributed by atoms with Crippen LogP contribution in [0.5, 0.6) is 0 Å². The molecule has 3 rings (SSSR count). The number of rotatable bonds is 3. The van der Waals surface area contributed by atoms with Crippen molar-refractivity contribution in [1.29, 1.82) is 0 Å². The lowest BCUT2D eigenvalue weighted by atomic mass is 9.99. The molecule has 0 bridgehead atoms.